The van der Waals surface area contributed by atoms with Gasteiger partial charge in [0.1, 0.15) is 0 Å². The van der Waals surface area contributed by atoms with Gasteiger partial charge in [-0.2, -0.15) is 0 Å². The Hall–Kier alpha value is -1.48. The van der Waals surface area contributed by atoms with Crippen LogP contribution in [-0.4, -0.2) is 62.6 Å². The molecule has 0 saturated carbocycles. The maximum atomic E-state index is 12.1. The van der Waals surface area contributed by atoms with Crippen LogP contribution >= 0.6 is 0 Å². The molecular weight excluding hydrogens is 294 g/mol. The highest BCUT2D eigenvalue weighted by atomic mass is 32.2. The Kier molecular flexibility index (Phi) is 4.94. The van der Waals surface area contributed by atoms with E-state index in [1.54, 1.807) is 5.01 Å². The van der Waals surface area contributed by atoms with E-state index in [-0.39, 0.29) is 11.3 Å². The second-order valence-corrected chi connectivity index (χ2v) is 6.84. The number of likely N-dealkylation sites (N-methyl/N-ethyl adjacent to an activating group) is 1. The van der Waals surface area contributed by atoms with E-state index in [1.165, 1.54) is 24.3 Å². The molecule has 0 bridgehead atoms. The molecule has 0 atom stereocenters. The van der Waals surface area contributed by atoms with Gasteiger partial charge in [0, 0.05) is 26.2 Å². The first-order valence-electron chi connectivity index (χ1n) is 6.61. The standard InChI is InChI=1S/C13H19N3O4S/c1-15-6-8-16(9-7-15)14-21(19,20)10-11-2-4-12(5-3-11)13(17)18/h2-5,14H,6-10H2,1H3,(H,17,18). The SMILES string of the molecule is CN1CCN(NS(=O)(=O)Cc2ccc(C(=O)O)cc2)CC1. The Balaban J connectivity index is 1.95. The van der Waals surface area contributed by atoms with Gasteiger partial charge in [-0.05, 0) is 24.7 Å². The van der Waals surface area contributed by atoms with Gasteiger partial charge in [0.15, 0.2) is 0 Å². The van der Waals surface area contributed by atoms with Crippen molar-refractivity contribution in [1.29, 1.82) is 0 Å². The van der Waals surface area contributed by atoms with E-state index < -0.39 is 16.0 Å². The lowest BCUT2D eigenvalue weighted by molar-refractivity contribution is 0.0697. The molecule has 1 fully saturated rings. The van der Waals surface area contributed by atoms with Gasteiger partial charge in [-0.3, -0.25) is 0 Å². The summed E-state index contributed by atoms with van der Waals surface area (Å²) in [5, 5.41) is 10.5. The Morgan fingerprint density at radius 2 is 1.76 bits per heavy atom. The van der Waals surface area contributed by atoms with Crippen LogP contribution in [0.5, 0.6) is 0 Å². The van der Waals surface area contributed by atoms with Crippen LogP contribution in [0.2, 0.25) is 0 Å². The molecule has 1 aliphatic rings. The van der Waals surface area contributed by atoms with Crippen LogP contribution in [0.15, 0.2) is 24.3 Å². The largest absolute Gasteiger partial charge is 0.478 e. The first-order valence-corrected chi connectivity index (χ1v) is 8.27. The minimum absolute atomic E-state index is 0.142. The first-order chi connectivity index (χ1) is 9.85. The molecule has 0 radical (unpaired) electrons. The van der Waals surface area contributed by atoms with Gasteiger partial charge in [0.2, 0.25) is 10.0 Å². The molecule has 1 aromatic carbocycles. The number of carbonyl (C=O) groups is 1. The molecule has 21 heavy (non-hydrogen) atoms. The van der Waals surface area contributed by atoms with Crippen LogP contribution in [0.1, 0.15) is 15.9 Å². The van der Waals surface area contributed by atoms with Gasteiger partial charge in [0.05, 0.1) is 11.3 Å². The van der Waals surface area contributed by atoms with Crippen molar-refractivity contribution in [2.24, 2.45) is 0 Å². The summed E-state index contributed by atoms with van der Waals surface area (Å²) in [5.41, 5.74) is 0.699. The Bertz CT molecular complexity index is 592. The first kappa shape index (κ1) is 15.9. The van der Waals surface area contributed by atoms with Crippen molar-refractivity contribution in [2.45, 2.75) is 5.75 Å². The summed E-state index contributed by atoms with van der Waals surface area (Å²) in [4.78, 5) is 15.4. The third kappa shape index (κ3) is 4.78. The molecular formula is C13H19N3O4S. The molecule has 8 heteroatoms. The number of benzene rings is 1. The number of aromatic carboxylic acids is 1. The molecule has 1 aliphatic heterocycles. The Morgan fingerprint density at radius 1 is 1.19 bits per heavy atom. The molecule has 0 amide bonds. The number of piperazine rings is 1. The smallest absolute Gasteiger partial charge is 0.335 e. The summed E-state index contributed by atoms with van der Waals surface area (Å²) >= 11 is 0. The van der Waals surface area contributed by atoms with Crippen molar-refractivity contribution in [3.05, 3.63) is 35.4 Å². The summed E-state index contributed by atoms with van der Waals surface area (Å²) in [6.45, 7) is 2.92. The molecule has 116 valence electrons. The number of rotatable bonds is 5. The van der Waals surface area contributed by atoms with Crippen LogP contribution in [0.4, 0.5) is 0 Å². The number of carboxylic acid groups (broad SMARTS) is 1. The molecule has 1 aromatic rings. The van der Waals surface area contributed by atoms with Crippen molar-refractivity contribution in [3.63, 3.8) is 0 Å². The second kappa shape index (κ2) is 6.52. The van der Waals surface area contributed by atoms with Gasteiger partial charge < -0.3 is 10.0 Å². The maximum Gasteiger partial charge on any atom is 0.335 e. The number of hydrogen-bond acceptors (Lipinski definition) is 5. The summed E-state index contributed by atoms with van der Waals surface area (Å²) < 4.78 is 24.2. The number of nitrogens with zero attached hydrogens (tertiary/aromatic N) is 2. The van der Waals surface area contributed by atoms with Crippen molar-refractivity contribution >= 4 is 16.0 Å². The Morgan fingerprint density at radius 3 is 2.29 bits per heavy atom. The highest BCUT2D eigenvalue weighted by molar-refractivity contribution is 7.88. The lowest BCUT2D eigenvalue weighted by Gasteiger charge is -2.32. The lowest BCUT2D eigenvalue weighted by Crippen LogP contribution is -2.52. The molecule has 2 rings (SSSR count). The fraction of sp³-hybridized carbons (Fsp3) is 0.462. The van der Waals surface area contributed by atoms with Crippen LogP contribution in [-0.2, 0) is 15.8 Å². The highest BCUT2D eigenvalue weighted by Crippen LogP contribution is 2.09. The molecule has 0 aliphatic carbocycles. The lowest BCUT2D eigenvalue weighted by atomic mass is 10.1. The molecule has 2 N–H and O–H groups in total. The number of carboxylic acids is 1. The molecule has 1 saturated heterocycles. The zero-order valence-corrected chi connectivity index (χ0v) is 12.6. The minimum atomic E-state index is -3.47. The molecule has 7 nitrogen and oxygen atoms in total. The number of hydrogen-bond donors (Lipinski definition) is 2. The zero-order chi connectivity index (χ0) is 15.5. The highest BCUT2D eigenvalue weighted by Gasteiger charge is 2.20. The average Bonchev–Trinajstić information content (AvgIpc) is 2.41. The van der Waals surface area contributed by atoms with Crippen molar-refractivity contribution in [2.75, 3.05) is 33.2 Å². The summed E-state index contributed by atoms with van der Waals surface area (Å²) in [5.74, 6) is -1.20. The number of sulfonamides is 1. The van der Waals surface area contributed by atoms with Crippen LogP contribution < -0.4 is 4.83 Å². The van der Waals surface area contributed by atoms with E-state index in [0.717, 1.165) is 13.1 Å². The van der Waals surface area contributed by atoms with Crippen LogP contribution in [0, 0.1) is 0 Å². The predicted molar refractivity (Wildman–Crippen MR) is 78.2 cm³/mol. The van der Waals surface area contributed by atoms with E-state index in [0.29, 0.717) is 18.7 Å². The van der Waals surface area contributed by atoms with E-state index >= 15 is 0 Å². The van der Waals surface area contributed by atoms with Crippen molar-refractivity contribution in [1.82, 2.24) is 14.7 Å². The molecule has 0 unspecified atom stereocenters. The zero-order valence-electron chi connectivity index (χ0n) is 11.8. The van der Waals surface area contributed by atoms with Crippen molar-refractivity contribution < 1.29 is 18.3 Å². The van der Waals surface area contributed by atoms with Crippen LogP contribution in [0.25, 0.3) is 0 Å². The third-order valence-electron chi connectivity index (χ3n) is 3.33. The molecule has 0 spiro atoms. The van der Waals surface area contributed by atoms with Crippen molar-refractivity contribution in [3.8, 4) is 0 Å². The maximum absolute atomic E-state index is 12.1. The van der Waals surface area contributed by atoms with E-state index in [2.05, 4.69) is 9.73 Å². The molecule has 1 heterocycles. The fourth-order valence-electron chi connectivity index (χ4n) is 2.09. The fourth-order valence-corrected chi connectivity index (χ4v) is 3.36. The normalized spacial score (nSPS) is 17.8. The quantitative estimate of drug-likeness (QED) is 0.793. The summed E-state index contributed by atoms with van der Waals surface area (Å²) in [7, 11) is -1.48. The predicted octanol–water partition coefficient (Wildman–Crippen LogP) is -0.0334. The van der Waals surface area contributed by atoms with E-state index in [1.807, 2.05) is 7.05 Å². The summed E-state index contributed by atoms with van der Waals surface area (Å²) in [6.07, 6.45) is 0. The van der Waals surface area contributed by atoms with Crippen LogP contribution in [0.3, 0.4) is 0 Å². The second-order valence-electron chi connectivity index (χ2n) is 5.14. The van der Waals surface area contributed by atoms with Gasteiger partial charge in [-0.25, -0.2) is 18.2 Å². The molecule has 0 aromatic heterocycles. The van der Waals surface area contributed by atoms with Gasteiger partial charge in [0.25, 0.3) is 0 Å². The number of nitrogens with one attached hydrogen (secondary N) is 1. The Labute approximate surface area is 124 Å². The van der Waals surface area contributed by atoms with Gasteiger partial charge in [-0.1, -0.05) is 12.1 Å². The van der Waals surface area contributed by atoms with E-state index in [9.17, 15) is 13.2 Å². The van der Waals surface area contributed by atoms with Gasteiger partial charge in [-0.15, -0.1) is 4.83 Å². The monoisotopic (exact) mass is 313 g/mol. The third-order valence-corrected chi connectivity index (χ3v) is 4.58. The van der Waals surface area contributed by atoms with Gasteiger partial charge >= 0.3 is 5.97 Å². The number of hydrazine groups is 1. The topological polar surface area (TPSA) is 90.0 Å². The summed E-state index contributed by atoms with van der Waals surface area (Å²) in [6, 6.07) is 5.85. The van der Waals surface area contributed by atoms with E-state index in [4.69, 9.17) is 5.11 Å². The average molecular weight is 313 g/mol. The minimum Gasteiger partial charge on any atom is -0.478 e.